The number of rotatable bonds is 9. The van der Waals surface area contributed by atoms with E-state index in [1.807, 2.05) is 18.2 Å². The molecule has 6 nitrogen and oxygen atoms in total. The first kappa shape index (κ1) is 21.1. The van der Waals surface area contributed by atoms with Crippen molar-refractivity contribution >= 4 is 17.7 Å². The van der Waals surface area contributed by atoms with Crippen LogP contribution in [-0.4, -0.2) is 33.6 Å². The molecule has 152 valence electrons. The molecule has 0 unspecified atom stereocenters. The van der Waals surface area contributed by atoms with Gasteiger partial charge in [0.1, 0.15) is 0 Å². The summed E-state index contributed by atoms with van der Waals surface area (Å²) in [5.41, 5.74) is 10.0. The highest BCUT2D eigenvalue weighted by atomic mass is 32.2. The Morgan fingerprint density at radius 1 is 1.10 bits per heavy atom. The van der Waals surface area contributed by atoms with E-state index >= 15 is 0 Å². The summed E-state index contributed by atoms with van der Waals surface area (Å²) < 4.78 is 6.78. The number of aromatic nitrogens is 3. The summed E-state index contributed by atoms with van der Waals surface area (Å²) in [4.78, 5) is 11.4. The molecule has 0 saturated carbocycles. The van der Waals surface area contributed by atoms with Gasteiger partial charge >= 0.3 is 5.97 Å². The fourth-order valence-corrected chi connectivity index (χ4v) is 3.86. The van der Waals surface area contributed by atoms with E-state index in [4.69, 9.17) is 10.5 Å². The summed E-state index contributed by atoms with van der Waals surface area (Å²) in [5, 5.41) is 9.51. The number of esters is 1. The Morgan fingerprint density at radius 3 is 2.52 bits per heavy atom. The van der Waals surface area contributed by atoms with Gasteiger partial charge in [-0.3, -0.25) is 4.79 Å². The lowest BCUT2D eigenvalue weighted by Gasteiger charge is -2.15. The maximum Gasteiger partial charge on any atom is 0.306 e. The number of hydrogen-bond acceptors (Lipinski definition) is 6. The first-order valence-electron chi connectivity index (χ1n) is 9.54. The minimum Gasteiger partial charge on any atom is -0.469 e. The Balaban J connectivity index is 1.82. The molecule has 0 fully saturated rings. The van der Waals surface area contributed by atoms with Crippen LogP contribution in [0.3, 0.4) is 0 Å². The van der Waals surface area contributed by atoms with Gasteiger partial charge in [-0.15, -0.1) is 10.2 Å². The van der Waals surface area contributed by atoms with E-state index in [1.54, 1.807) is 0 Å². The van der Waals surface area contributed by atoms with Gasteiger partial charge in [-0.25, -0.2) is 0 Å². The van der Waals surface area contributed by atoms with E-state index < -0.39 is 0 Å². The number of carbonyl (C=O) groups is 1. The van der Waals surface area contributed by atoms with Crippen molar-refractivity contribution in [3.8, 4) is 0 Å². The molecule has 0 bridgehead atoms. The largest absolute Gasteiger partial charge is 0.469 e. The molecule has 2 aromatic carbocycles. The van der Waals surface area contributed by atoms with Crippen LogP contribution in [0.5, 0.6) is 0 Å². The molecule has 3 rings (SSSR count). The van der Waals surface area contributed by atoms with Crippen molar-refractivity contribution in [2.75, 3.05) is 12.9 Å². The summed E-state index contributed by atoms with van der Waals surface area (Å²) in [6, 6.07) is 18.2. The van der Waals surface area contributed by atoms with E-state index in [-0.39, 0.29) is 12.0 Å². The molecule has 1 aromatic heterocycles. The number of aryl methyl sites for hydroxylation is 1. The number of carbonyl (C=O) groups excluding carboxylic acids is 1. The highest BCUT2D eigenvalue weighted by Gasteiger charge is 2.19. The quantitative estimate of drug-likeness (QED) is 0.429. The third-order valence-corrected chi connectivity index (χ3v) is 5.57. The predicted molar refractivity (Wildman–Crippen MR) is 115 cm³/mol. The second-order valence-electron chi connectivity index (χ2n) is 6.88. The fourth-order valence-electron chi connectivity index (χ4n) is 2.99. The Kier molecular flexibility index (Phi) is 7.43. The lowest BCUT2D eigenvalue weighted by molar-refractivity contribution is -0.140. The lowest BCUT2D eigenvalue weighted by atomic mass is 10.1. The van der Waals surface area contributed by atoms with Crippen LogP contribution in [0.2, 0.25) is 0 Å². The van der Waals surface area contributed by atoms with Gasteiger partial charge in [0.25, 0.3) is 0 Å². The molecule has 0 radical (unpaired) electrons. The van der Waals surface area contributed by atoms with Gasteiger partial charge in [-0.05, 0) is 24.5 Å². The first-order valence-corrected chi connectivity index (χ1v) is 10.5. The van der Waals surface area contributed by atoms with E-state index in [1.165, 1.54) is 24.4 Å². The monoisotopic (exact) mass is 410 g/mol. The molecule has 0 spiro atoms. The number of nitrogens with two attached hydrogens (primary N) is 1. The van der Waals surface area contributed by atoms with Crippen molar-refractivity contribution in [3.05, 3.63) is 77.1 Å². The molecule has 0 aliphatic heterocycles. The van der Waals surface area contributed by atoms with Crippen LogP contribution >= 0.6 is 11.8 Å². The van der Waals surface area contributed by atoms with Crippen molar-refractivity contribution in [1.29, 1.82) is 0 Å². The molecule has 0 aliphatic rings. The molecule has 0 aliphatic carbocycles. The van der Waals surface area contributed by atoms with Gasteiger partial charge in [0, 0.05) is 5.75 Å². The summed E-state index contributed by atoms with van der Waals surface area (Å²) in [6.07, 6.45) is 1.00. The molecular weight excluding hydrogens is 384 g/mol. The third-order valence-electron chi connectivity index (χ3n) is 4.60. The standard InChI is InChI=1S/C22H26N4O2S/c1-16-8-10-18(11-9-16)15-26-21(19(23)14-17-6-4-3-5-7-17)24-25-22(26)29-13-12-20(27)28-2/h3-11,19H,12-15,23H2,1-2H3/t19-/m0/s1. The highest BCUT2D eigenvalue weighted by molar-refractivity contribution is 7.99. The summed E-state index contributed by atoms with van der Waals surface area (Å²) >= 11 is 1.49. The Labute approximate surface area is 175 Å². The van der Waals surface area contributed by atoms with Crippen molar-refractivity contribution in [3.63, 3.8) is 0 Å². The zero-order valence-electron chi connectivity index (χ0n) is 16.7. The van der Waals surface area contributed by atoms with Crippen LogP contribution in [0.4, 0.5) is 0 Å². The minimum atomic E-state index is -0.273. The van der Waals surface area contributed by atoms with Gasteiger partial charge in [-0.1, -0.05) is 71.9 Å². The van der Waals surface area contributed by atoms with Crippen molar-refractivity contribution in [1.82, 2.24) is 14.8 Å². The maximum absolute atomic E-state index is 11.4. The van der Waals surface area contributed by atoms with Crippen LogP contribution in [0.1, 0.15) is 35.0 Å². The zero-order chi connectivity index (χ0) is 20.6. The van der Waals surface area contributed by atoms with Crippen LogP contribution in [-0.2, 0) is 22.5 Å². The average molecular weight is 411 g/mol. The first-order chi connectivity index (χ1) is 14.1. The van der Waals surface area contributed by atoms with E-state index in [0.29, 0.717) is 25.1 Å². The SMILES string of the molecule is COC(=O)CCSc1nnc([C@@H](N)Cc2ccccc2)n1Cc1ccc(C)cc1. The molecule has 0 saturated heterocycles. The summed E-state index contributed by atoms with van der Waals surface area (Å²) in [7, 11) is 1.40. The topological polar surface area (TPSA) is 83.0 Å². The van der Waals surface area contributed by atoms with Gasteiger partial charge < -0.3 is 15.0 Å². The Hall–Kier alpha value is -2.64. The normalized spacial score (nSPS) is 12.0. The zero-order valence-corrected chi connectivity index (χ0v) is 17.6. The Bertz CT molecular complexity index is 926. The molecule has 29 heavy (non-hydrogen) atoms. The molecule has 7 heteroatoms. The van der Waals surface area contributed by atoms with Crippen LogP contribution in [0.15, 0.2) is 59.8 Å². The molecule has 2 N–H and O–H groups in total. The molecule has 0 amide bonds. The second kappa shape index (κ2) is 10.2. The number of methoxy groups -OCH3 is 1. The van der Waals surface area contributed by atoms with Crippen molar-refractivity contribution < 1.29 is 9.53 Å². The number of ether oxygens (including phenoxy) is 1. The highest BCUT2D eigenvalue weighted by Crippen LogP contribution is 2.24. The minimum absolute atomic E-state index is 0.233. The number of hydrogen-bond donors (Lipinski definition) is 1. The van der Waals surface area contributed by atoms with Crippen LogP contribution in [0, 0.1) is 6.92 Å². The van der Waals surface area contributed by atoms with Crippen molar-refractivity contribution in [2.24, 2.45) is 5.73 Å². The predicted octanol–water partition coefficient (Wildman–Crippen LogP) is 3.53. The van der Waals surface area contributed by atoms with Crippen molar-refractivity contribution in [2.45, 2.75) is 37.5 Å². The molecule has 1 atom stereocenters. The second-order valence-corrected chi connectivity index (χ2v) is 7.95. The van der Waals surface area contributed by atoms with E-state index in [9.17, 15) is 4.79 Å². The van der Waals surface area contributed by atoms with Gasteiger partial charge in [0.05, 0.1) is 26.1 Å². The van der Waals surface area contributed by atoms with Gasteiger partial charge in [0.2, 0.25) is 0 Å². The number of benzene rings is 2. The summed E-state index contributed by atoms with van der Waals surface area (Å²) in [5.74, 6) is 1.09. The smallest absolute Gasteiger partial charge is 0.306 e. The molecule has 1 heterocycles. The van der Waals surface area contributed by atoms with Gasteiger partial charge in [0.15, 0.2) is 11.0 Å². The number of thioether (sulfide) groups is 1. The molecular formula is C22H26N4O2S. The van der Waals surface area contributed by atoms with E-state index in [0.717, 1.165) is 22.1 Å². The number of nitrogens with zero attached hydrogens (tertiary/aromatic N) is 3. The Morgan fingerprint density at radius 2 is 1.83 bits per heavy atom. The summed E-state index contributed by atoms with van der Waals surface area (Å²) in [6.45, 7) is 2.70. The fraction of sp³-hybridized carbons (Fsp3) is 0.318. The molecule has 3 aromatic rings. The maximum atomic E-state index is 11.4. The third kappa shape index (κ3) is 5.92. The lowest BCUT2D eigenvalue weighted by Crippen LogP contribution is -2.20. The van der Waals surface area contributed by atoms with E-state index in [2.05, 4.69) is 58.1 Å². The van der Waals surface area contributed by atoms with Gasteiger partial charge in [-0.2, -0.15) is 0 Å². The van der Waals surface area contributed by atoms with Crippen LogP contribution in [0.25, 0.3) is 0 Å². The van der Waals surface area contributed by atoms with Crippen LogP contribution < -0.4 is 5.73 Å². The average Bonchev–Trinajstić information content (AvgIpc) is 3.13.